The minimum Gasteiger partial charge on any atom is -0.310 e. The molecule has 3 nitrogen and oxygen atoms in total. The molecule has 0 radical (unpaired) electrons. The number of benzene rings is 9. The van der Waals surface area contributed by atoms with Gasteiger partial charge >= 0.3 is 0 Å². The number of nitrogens with zero attached hydrogens (tertiary/aromatic N) is 3. The first-order valence-corrected chi connectivity index (χ1v) is 19.9. The number of fused-ring (bicyclic) bond motifs is 8. The Balaban J connectivity index is 1.23. The van der Waals surface area contributed by atoms with Gasteiger partial charge in [-0.05, 0) is 156 Å². The molecule has 0 aliphatic carbocycles. The van der Waals surface area contributed by atoms with Crippen LogP contribution in [0.2, 0.25) is 0 Å². The van der Waals surface area contributed by atoms with E-state index in [-0.39, 0.29) is 11.6 Å². The number of rotatable bonds is 7. The van der Waals surface area contributed by atoms with Crippen LogP contribution in [-0.2, 0) is 0 Å². The van der Waals surface area contributed by atoms with E-state index >= 15 is 0 Å². The number of hydrogen-bond donors (Lipinski definition) is 0. The third-order valence-electron chi connectivity index (χ3n) is 11.7. The fraction of sp³-hybridized carbons (Fsp3) is 0.0370. The Labute approximate surface area is 340 Å². The Kier molecular flexibility index (Phi) is 7.99. The second-order valence-electron chi connectivity index (χ2n) is 15.5. The van der Waals surface area contributed by atoms with Gasteiger partial charge in [-0.3, -0.25) is 0 Å². The van der Waals surface area contributed by atoms with Crippen LogP contribution in [0.3, 0.4) is 0 Å². The van der Waals surface area contributed by atoms with Crippen LogP contribution in [0.15, 0.2) is 188 Å². The number of aryl methyl sites for hydroxylation is 2. The zero-order chi connectivity index (χ0) is 39.8. The molecular weight excluding hydrogens is 729 g/mol. The van der Waals surface area contributed by atoms with Gasteiger partial charge in [0, 0.05) is 55.7 Å². The summed E-state index contributed by atoms with van der Waals surface area (Å²) >= 11 is 0. The molecule has 11 rings (SSSR count). The molecule has 0 atom stereocenters. The Morgan fingerprint density at radius 1 is 0.390 bits per heavy atom. The number of anilines is 6. The first kappa shape index (κ1) is 34.7. The van der Waals surface area contributed by atoms with E-state index < -0.39 is 0 Å². The number of aromatic nitrogens is 1. The molecule has 0 aliphatic heterocycles. The Morgan fingerprint density at radius 2 is 0.949 bits per heavy atom. The van der Waals surface area contributed by atoms with Crippen LogP contribution >= 0.6 is 0 Å². The van der Waals surface area contributed by atoms with Crippen LogP contribution in [0.5, 0.6) is 0 Å². The van der Waals surface area contributed by atoms with Crippen LogP contribution in [0.4, 0.5) is 42.9 Å². The average Bonchev–Trinajstić information content (AvgIpc) is 3.77. The highest BCUT2D eigenvalue weighted by molar-refractivity contribution is 6.33. The first-order valence-electron chi connectivity index (χ1n) is 19.9. The molecule has 0 spiro atoms. The van der Waals surface area contributed by atoms with Gasteiger partial charge in [-0.2, -0.15) is 0 Å². The molecule has 11 aromatic rings. The zero-order valence-corrected chi connectivity index (χ0v) is 32.5. The van der Waals surface area contributed by atoms with Crippen molar-refractivity contribution in [2.75, 3.05) is 9.80 Å². The van der Waals surface area contributed by atoms with Crippen LogP contribution in [-0.4, -0.2) is 4.40 Å². The van der Waals surface area contributed by atoms with Gasteiger partial charge in [0.2, 0.25) is 0 Å². The van der Waals surface area contributed by atoms with Crippen molar-refractivity contribution >= 4 is 83.0 Å². The van der Waals surface area contributed by atoms with Gasteiger partial charge in [0.25, 0.3) is 0 Å². The maximum Gasteiger partial charge on any atom is 0.123 e. The van der Waals surface area contributed by atoms with E-state index in [0.717, 1.165) is 89.1 Å². The molecule has 0 unspecified atom stereocenters. The van der Waals surface area contributed by atoms with Crippen molar-refractivity contribution in [3.63, 3.8) is 0 Å². The number of halogens is 2. The van der Waals surface area contributed by atoms with E-state index in [1.807, 2.05) is 24.3 Å². The minimum atomic E-state index is -0.271. The van der Waals surface area contributed by atoms with Crippen molar-refractivity contribution in [2.24, 2.45) is 0 Å². The van der Waals surface area contributed by atoms with Crippen LogP contribution in [0.25, 0.3) is 60.0 Å². The maximum absolute atomic E-state index is 14.3. The molecule has 0 aliphatic rings. The van der Waals surface area contributed by atoms with Crippen LogP contribution < -0.4 is 9.80 Å². The quantitative estimate of drug-likeness (QED) is 0.160. The normalized spacial score (nSPS) is 11.7. The summed E-state index contributed by atoms with van der Waals surface area (Å²) in [5, 5.41) is 6.97. The summed E-state index contributed by atoms with van der Waals surface area (Å²) in [6.45, 7) is 4.19. The molecule has 0 bridgehead atoms. The second kappa shape index (κ2) is 13.6. The predicted octanol–water partition coefficient (Wildman–Crippen LogP) is 15.5. The highest BCUT2D eigenvalue weighted by Gasteiger charge is 2.25. The molecule has 0 amide bonds. The van der Waals surface area contributed by atoms with E-state index in [0.29, 0.717) is 0 Å². The van der Waals surface area contributed by atoms with Crippen molar-refractivity contribution in [2.45, 2.75) is 13.8 Å². The summed E-state index contributed by atoms with van der Waals surface area (Å²) in [5.41, 5.74) is 13.7. The molecule has 9 aromatic carbocycles. The van der Waals surface area contributed by atoms with Crippen molar-refractivity contribution in [3.8, 4) is 11.1 Å². The SMILES string of the molecule is Cc1cccc(N(c2ccc(F)cc2)c2ccc3cc4c5ccc(N(c6ccc(F)cc6)c6cccc(C)c6)cc5n5c6cccc(-c7ccccc7)c6c(c3c2)c45)c1. The van der Waals surface area contributed by atoms with Gasteiger partial charge in [-0.15, -0.1) is 0 Å². The lowest BCUT2D eigenvalue weighted by Gasteiger charge is -2.26. The Hall–Kier alpha value is -7.50. The van der Waals surface area contributed by atoms with Gasteiger partial charge < -0.3 is 14.2 Å². The molecule has 59 heavy (non-hydrogen) atoms. The summed E-state index contributed by atoms with van der Waals surface area (Å²) in [4.78, 5) is 4.41. The summed E-state index contributed by atoms with van der Waals surface area (Å²) in [7, 11) is 0. The third-order valence-corrected chi connectivity index (χ3v) is 11.7. The van der Waals surface area contributed by atoms with Crippen LogP contribution in [0, 0.1) is 25.5 Å². The maximum atomic E-state index is 14.3. The summed E-state index contributed by atoms with van der Waals surface area (Å²) in [6.07, 6.45) is 0. The number of hydrogen-bond acceptors (Lipinski definition) is 2. The molecule has 2 heterocycles. The largest absolute Gasteiger partial charge is 0.310 e. The monoisotopic (exact) mass is 765 g/mol. The van der Waals surface area contributed by atoms with E-state index in [1.54, 1.807) is 0 Å². The lowest BCUT2D eigenvalue weighted by molar-refractivity contribution is 0.627. The molecule has 0 fully saturated rings. The van der Waals surface area contributed by atoms with Gasteiger partial charge in [-0.25, -0.2) is 8.78 Å². The summed E-state index contributed by atoms with van der Waals surface area (Å²) in [6, 6.07) is 63.3. The van der Waals surface area contributed by atoms with E-state index in [4.69, 9.17) is 0 Å². The van der Waals surface area contributed by atoms with Crippen molar-refractivity contribution in [1.29, 1.82) is 0 Å². The van der Waals surface area contributed by atoms with Crippen LogP contribution in [0.1, 0.15) is 11.1 Å². The predicted molar refractivity (Wildman–Crippen MR) is 243 cm³/mol. The standard InChI is InChI=1S/C54H37F2N3/c1-34-9-6-13-42(29-34)57(40-23-18-38(55)19-24-40)44-22-17-37-31-49-47-28-27-45(58(41-25-20-39(56)21-26-41)43-14-7-10-35(2)30-43)33-51(47)59-50-16-8-15-46(36-11-4-3-5-12-36)52(50)53(54(49)59)48(37)32-44/h3-33H,1-2H3. The second-order valence-corrected chi connectivity index (χ2v) is 15.5. The van der Waals surface area contributed by atoms with E-state index in [1.165, 1.54) is 40.4 Å². The van der Waals surface area contributed by atoms with E-state index in [9.17, 15) is 8.78 Å². The van der Waals surface area contributed by atoms with Gasteiger partial charge in [0.1, 0.15) is 11.6 Å². The summed E-state index contributed by atoms with van der Waals surface area (Å²) < 4.78 is 31.1. The smallest absolute Gasteiger partial charge is 0.123 e. The third kappa shape index (κ3) is 5.69. The molecule has 2 aromatic heterocycles. The zero-order valence-electron chi connectivity index (χ0n) is 32.5. The highest BCUT2D eigenvalue weighted by atomic mass is 19.1. The molecular formula is C54H37F2N3. The van der Waals surface area contributed by atoms with Gasteiger partial charge in [-0.1, -0.05) is 78.9 Å². The Bertz CT molecular complexity index is 3370. The first-order chi connectivity index (χ1) is 28.9. The highest BCUT2D eigenvalue weighted by Crippen LogP contribution is 2.48. The van der Waals surface area contributed by atoms with E-state index in [2.05, 4.69) is 168 Å². The summed E-state index contributed by atoms with van der Waals surface area (Å²) in [5.74, 6) is -0.541. The Morgan fingerprint density at radius 3 is 1.58 bits per heavy atom. The minimum absolute atomic E-state index is 0.271. The van der Waals surface area contributed by atoms with Gasteiger partial charge in [0.05, 0.1) is 16.6 Å². The lowest BCUT2D eigenvalue weighted by atomic mass is 9.94. The molecule has 0 saturated heterocycles. The lowest BCUT2D eigenvalue weighted by Crippen LogP contribution is -2.10. The molecule has 0 N–H and O–H groups in total. The molecule has 282 valence electrons. The van der Waals surface area contributed by atoms with Crippen molar-refractivity contribution in [3.05, 3.63) is 211 Å². The molecule has 0 saturated carbocycles. The van der Waals surface area contributed by atoms with Crippen molar-refractivity contribution in [1.82, 2.24) is 4.40 Å². The van der Waals surface area contributed by atoms with Gasteiger partial charge in [0.15, 0.2) is 0 Å². The fourth-order valence-electron chi connectivity index (χ4n) is 9.10. The van der Waals surface area contributed by atoms with Crippen molar-refractivity contribution < 1.29 is 8.78 Å². The average molecular weight is 766 g/mol. The topological polar surface area (TPSA) is 10.9 Å². The molecule has 5 heteroatoms. The fourth-order valence-corrected chi connectivity index (χ4v) is 9.10.